The van der Waals surface area contributed by atoms with E-state index in [0.29, 0.717) is 6.04 Å². The maximum Gasteiger partial charge on any atom is 0.255 e. The Balaban J connectivity index is 2.07. The molecule has 21 heavy (non-hydrogen) atoms. The molecule has 0 atom stereocenters. The molecule has 0 bridgehead atoms. The van der Waals surface area contributed by atoms with Crippen LogP contribution < -0.4 is 5.56 Å². The lowest BCUT2D eigenvalue weighted by Gasteiger charge is -2.07. The zero-order chi connectivity index (χ0) is 14.8. The molecule has 4 heteroatoms. The van der Waals surface area contributed by atoms with Gasteiger partial charge in [-0.15, -0.1) is 0 Å². The van der Waals surface area contributed by atoms with E-state index >= 15 is 0 Å². The van der Waals surface area contributed by atoms with Crippen molar-refractivity contribution in [2.24, 2.45) is 0 Å². The minimum Gasteiger partial charge on any atom is -0.284 e. The van der Waals surface area contributed by atoms with Crippen molar-refractivity contribution < 1.29 is 0 Å². The summed E-state index contributed by atoms with van der Waals surface area (Å²) in [5.41, 5.74) is 2.81. The first-order chi connectivity index (χ1) is 10.1. The molecule has 0 aliphatic heterocycles. The smallest absolute Gasteiger partial charge is 0.255 e. The molecule has 0 saturated heterocycles. The van der Waals surface area contributed by atoms with Gasteiger partial charge in [-0.1, -0.05) is 18.2 Å². The molecule has 4 nitrogen and oxygen atoms in total. The summed E-state index contributed by atoms with van der Waals surface area (Å²) < 4.78 is 3.56. The van der Waals surface area contributed by atoms with E-state index in [1.54, 1.807) is 10.6 Å². The summed E-state index contributed by atoms with van der Waals surface area (Å²) in [6.45, 7) is 4.17. The van der Waals surface area contributed by atoms with Gasteiger partial charge in [0.2, 0.25) is 0 Å². The lowest BCUT2D eigenvalue weighted by atomic mass is 10.1. The van der Waals surface area contributed by atoms with Crippen molar-refractivity contribution in [1.82, 2.24) is 14.3 Å². The molecular formula is C17H17N3O. The van der Waals surface area contributed by atoms with E-state index in [1.165, 1.54) is 0 Å². The second-order valence-electron chi connectivity index (χ2n) is 5.26. The van der Waals surface area contributed by atoms with Gasteiger partial charge in [0, 0.05) is 41.3 Å². The van der Waals surface area contributed by atoms with Crippen LogP contribution in [-0.2, 0) is 0 Å². The number of nitrogens with zero attached hydrogens (tertiary/aromatic N) is 3. The summed E-state index contributed by atoms with van der Waals surface area (Å²) in [6, 6.07) is 13.4. The summed E-state index contributed by atoms with van der Waals surface area (Å²) in [6.07, 6.45) is 5.69. The van der Waals surface area contributed by atoms with Crippen molar-refractivity contribution in [1.29, 1.82) is 0 Å². The van der Waals surface area contributed by atoms with Crippen molar-refractivity contribution >= 4 is 0 Å². The topological polar surface area (TPSA) is 39.8 Å². The van der Waals surface area contributed by atoms with Crippen LogP contribution in [-0.4, -0.2) is 14.3 Å². The summed E-state index contributed by atoms with van der Waals surface area (Å²) in [5, 5.41) is 4.35. The quantitative estimate of drug-likeness (QED) is 0.738. The van der Waals surface area contributed by atoms with Gasteiger partial charge in [0.15, 0.2) is 0 Å². The zero-order valence-electron chi connectivity index (χ0n) is 12.1. The van der Waals surface area contributed by atoms with Gasteiger partial charge in [-0.2, -0.15) is 5.10 Å². The number of pyridine rings is 1. The van der Waals surface area contributed by atoms with E-state index in [-0.39, 0.29) is 5.56 Å². The van der Waals surface area contributed by atoms with Crippen molar-refractivity contribution in [2.75, 3.05) is 0 Å². The van der Waals surface area contributed by atoms with Crippen LogP contribution in [0.5, 0.6) is 0 Å². The Morgan fingerprint density at radius 1 is 0.952 bits per heavy atom. The highest BCUT2D eigenvalue weighted by Crippen LogP contribution is 2.19. The third-order valence-corrected chi connectivity index (χ3v) is 3.41. The Labute approximate surface area is 123 Å². The molecule has 0 saturated carbocycles. The number of aromatic nitrogens is 3. The highest BCUT2D eigenvalue weighted by molar-refractivity contribution is 5.61. The minimum absolute atomic E-state index is 0.0406. The number of rotatable bonds is 3. The molecular weight excluding hydrogens is 262 g/mol. The van der Waals surface area contributed by atoms with Crippen LogP contribution in [0.3, 0.4) is 0 Å². The fraction of sp³-hybridized carbons (Fsp3) is 0.176. The molecule has 0 amide bonds. The van der Waals surface area contributed by atoms with Crippen molar-refractivity contribution in [3.05, 3.63) is 71.4 Å². The highest BCUT2D eigenvalue weighted by atomic mass is 16.1. The molecule has 0 radical (unpaired) electrons. The van der Waals surface area contributed by atoms with Gasteiger partial charge in [0.05, 0.1) is 6.20 Å². The maximum absolute atomic E-state index is 12.1. The predicted molar refractivity (Wildman–Crippen MR) is 83.6 cm³/mol. The number of hydrogen-bond acceptors (Lipinski definition) is 2. The monoisotopic (exact) mass is 279 g/mol. The molecule has 2 aromatic heterocycles. The lowest BCUT2D eigenvalue weighted by molar-refractivity contribution is 0.532. The van der Waals surface area contributed by atoms with Gasteiger partial charge < -0.3 is 0 Å². The highest BCUT2D eigenvalue weighted by Gasteiger charge is 2.06. The lowest BCUT2D eigenvalue weighted by Crippen LogP contribution is -2.16. The average Bonchev–Trinajstić information content (AvgIpc) is 2.99. The molecule has 0 spiro atoms. The van der Waals surface area contributed by atoms with E-state index in [0.717, 1.165) is 16.8 Å². The second-order valence-corrected chi connectivity index (χ2v) is 5.26. The number of benzene rings is 1. The van der Waals surface area contributed by atoms with Crippen molar-refractivity contribution in [3.8, 4) is 16.8 Å². The summed E-state index contributed by atoms with van der Waals surface area (Å²) >= 11 is 0. The summed E-state index contributed by atoms with van der Waals surface area (Å²) in [5.74, 6) is 0. The van der Waals surface area contributed by atoms with Gasteiger partial charge in [0.1, 0.15) is 0 Å². The van der Waals surface area contributed by atoms with Crippen molar-refractivity contribution in [2.45, 2.75) is 19.9 Å². The van der Waals surface area contributed by atoms with E-state index < -0.39 is 0 Å². The van der Waals surface area contributed by atoms with Crippen LogP contribution in [0, 0.1) is 0 Å². The first kappa shape index (κ1) is 13.4. The standard InChI is InChI=1S/C17H17N3O/c1-13(2)20-12-15(10-18-20)14-8-9-17(21)19(11-14)16-6-4-3-5-7-16/h3-13H,1-2H3. The Hall–Kier alpha value is -2.62. The van der Waals surface area contributed by atoms with E-state index in [1.807, 2.05) is 59.7 Å². The van der Waals surface area contributed by atoms with Crippen LogP contribution in [0.25, 0.3) is 16.8 Å². The van der Waals surface area contributed by atoms with Gasteiger partial charge >= 0.3 is 0 Å². The SMILES string of the molecule is CC(C)n1cc(-c2ccc(=O)n(-c3ccccc3)c2)cn1. The molecule has 106 valence electrons. The number of para-hydroxylation sites is 1. The molecule has 1 aromatic carbocycles. The van der Waals surface area contributed by atoms with Gasteiger partial charge in [-0.05, 0) is 32.0 Å². The van der Waals surface area contributed by atoms with Crippen LogP contribution in [0.1, 0.15) is 19.9 Å². The fourth-order valence-corrected chi connectivity index (χ4v) is 2.22. The van der Waals surface area contributed by atoms with Gasteiger partial charge in [-0.3, -0.25) is 14.0 Å². The Bertz CT molecular complexity index is 800. The third-order valence-electron chi connectivity index (χ3n) is 3.41. The Kier molecular flexibility index (Phi) is 3.44. The Morgan fingerprint density at radius 3 is 2.38 bits per heavy atom. The molecule has 0 aliphatic rings. The zero-order valence-corrected chi connectivity index (χ0v) is 12.1. The van der Waals surface area contributed by atoms with Crippen LogP contribution in [0.15, 0.2) is 65.8 Å². The van der Waals surface area contributed by atoms with E-state index in [4.69, 9.17) is 0 Å². The van der Waals surface area contributed by atoms with Gasteiger partial charge in [-0.25, -0.2) is 0 Å². The summed E-state index contributed by atoms with van der Waals surface area (Å²) in [4.78, 5) is 12.1. The maximum atomic E-state index is 12.1. The third kappa shape index (κ3) is 2.65. The van der Waals surface area contributed by atoms with Gasteiger partial charge in [0.25, 0.3) is 5.56 Å². The second kappa shape index (κ2) is 5.40. The van der Waals surface area contributed by atoms with Crippen LogP contribution in [0.4, 0.5) is 0 Å². The average molecular weight is 279 g/mol. The van der Waals surface area contributed by atoms with Crippen LogP contribution >= 0.6 is 0 Å². The molecule has 0 N–H and O–H groups in total. The normalized spacial score (nSPS) is 11.0. The molecule has 0 unspecified atom stereocenters. The summed E-state index contributed by atoms with van der Waals surface area (Å²) in [7, 11) is 0. The van der Waals surface area contributed by atoms with Crippen molar-refractivity contribution in [3.63, 3.8) is 0 Å². The van der Waals surface area contributed by atoms with Crippen LogP contribution in [0.2, 0.25) is 0 Å². The predicted octanol–water partition coefficient (Wildman–Crippen LogP) is 3.28. The van der Waals surface area contributed by atoms with E-state index in [9.17, 15) is 4.79 Å². The first-order valence-corrected chi connectivity index (χ1v) is 6.98. The molecule has 3 rings (SSSR count). The molecule has 0 aliphatic carbocycles. The largest absolute Gasteiger partial charge is 0.284 e. The Morgan fingerprint density at radius 2 is 1.71 bits per heavy atom. The first-order valence-electron chi connectivity index (χ1n) is 6.98. The molecule has 2 heterocycles. The minimum atomic E-state index is -0.0406. The molecule has 3 aromatic rings. The number of hydrogen-bond donors (Lipinski definition) is 0. The van der Waals surface area contributed by atoms with E-state index in [2.05, 4.69) is 18.9 Å². The fourth-order valence-electron chi connectivity index (χ4n) is 2.22. The molecule has 0 fully saturated rings.